The number of carboxylic acid groups (broad SMARTS) is 1. The summed E-state index contributed by atoms with van der Waals surface area (Å²) in [7, 11) is 0. The fraction of sp³-hybridized carbons (Fsp3) is 0.636. The van der Waals surface area contributed by atoms with Gasteiger partial charge in [-0.2, -0.15) is 0 Å². The van der Waals surface area contributed by atoms with Gasteiger partial charge in [0.15, 0.2) is 5.13 Å². The van der Waals surface area contributed by atoms with E-state index in [1.165, 1.54) is 0 Å². The maximum atomic E-state index is 10.8. The molecule has 2 heterocycles. The quantitative estimate of drug-likeness (QED) is 0.869. The summed E-state index contributed by atoms with van der Waals surface area (Å²) in [5, 5.41) is 11.9. The number of nitrogens with zero attached hydrogens (tertiary/aromatic N) is 3. The van der Waals surface area contributed by atoms with Crippen molar-refractivity contribution in [2.24, 2.45) is 5.92 Å². The lowest BCUT2D eigenvalue weighted by Gasteiger charge is -2.35. The Morgan fingerprint density at radius 2 is 2.24 bits per heavy atom. The number of carboxylic acids is 1. The van der Waals surface area contributed by atoms with Crippen LogP contribution in [0.2, 0.25) is 0 Å². The van der Waals surface area contributed by atoms with E-state index in [1.807, 2.05) is 11.6 Å². The minimum Gasteiger partial charge on any atom is -0.481 e. The van der Waals surface area contributed by atoms with Crippen molar-refractivity contribution < 1.29 is 9.90 Å². The van der Waals surface area contributed by atoms with Gasteiger partial charge in [0.05, 0.1) is 5.92 Å². The zero-order valence-corrected chi connectivity index (χ0v) is 10.7. The minimum absolute atomic E-state index is 0.290. The molecule has 1 aromatic rings. The van der Waals surface area contributed by atoms with Gasteiger partial charge in [-0.05, 0) is 0 Å². The van der Waals surface area contributed by atoms with Gasteiger partial charge in [-0.25, -0.2) is 4.98 Å². The Morgan fingerprint density at radius 3 is 2.76 bits per heavy atom. The highest BCUT2D eigenvalue weighted by Crippen LogP contribution is 2.19. The lowest BCUT2D eigenvalue weighted by molar-refractivity contribution is -0.141. The van der Waals surface area contributed by atoms with Gasteiger partial charge in [-0.3, -0.25) is 9.69 Å². The van der Waals surface area contributed by atoms with E-state index in [0.29, 0.717) is 6.54 Å². The van der Waals surface area contributed by atoms with Gasteiger partial charge in [0.2, 0.25) is 0 Å². The molecule has 1 unspecified atom stereocenters. The van der Waals surface area contributed by atoms with Crippen LogP contribution in [-0.2, 0) is 4.79 Å². The molecule has 1 aliphatic heterocycles. The highest BCUT2D eigenvalue weighted by Gasteiger charge is 2.21. The number of rotatable bonds is 4. The van der Waals surface area contributed by atoms with Crippen LogP contribution in [0.3, 0.4) is 0 Å². The number of thiazole rings is 1. The average molecular weight is 255 g/mol. The van der Waals surface area contributed by atoms with Gasteiger partial charge in [0.1, 0.15) is 0 Å². The number of hydrogen-bond donors (Lipinski definition) is 1. The Morgan fingerprint density at radius 1 is 1.53 bits per heavy atom. The molecule has 1 N–H and O–H groups in total. The van der Waals surface area contributed by atoms with E-state index in [1.54, 1.807) is 18.3 Å². The molecule has 2 rings (SSSR count). The SMILES string of the molecule is CC(CN1CCN(c2nccs2)CC1)C(=O)O. The summed E-state index contributed by atoms with van der Waals surface area (Å²) in [4.78, 5) is 19.5. The van der Waals surface area contributed by atoms with Gasteiger partial charge >= 0.3 is 5.97 Å². The highest BCUT2D eigenvalue weighted by atomic mass is 32.1. The Labute approximate surface area is 105 Å². The molecule has 0 bridgehead atoms. The van der Waals surface area contributed by atoms with E-state index in [0.717, 1.165) is 31.3 Å². The van der Waals surface area contributed by atoms with Crippen molar-refractivity contribution in [2.75, 3.05) is 37.6 Å². The zero-order valence-electron chi connectivity index (χ0n) is 9.87. The van der Waals surface area contributed by atoms with Gasteiger partial charge in [0, 0.05) is 44.3 Å². The third-order valence-corrected chi connectivity index (χ3v) is 3.85. The molecule has 94 valence electrons. The van der Waals surface area contributed by atoms with Crippen molar-refractivity contribution in [3.63, 3.8) is 0 Å². The van der Waals surface area contributed by atoms with Crippen molar-refractivity contribution in [1.82, 2.24) is 9.88 Å². The first kappa shape index (κ1) is 12.3. The second-order valence-electron chi connectivity index (χ2n) is 4.34. The third kappa shape index (κ3) is 3.17. The van der Waals surface area contributed by atoms with Crippen LogP contribution in [-0.4, -0.2) is 53.7 Å². The molecule has 0 saturated carbocycles. The number of hydrogen-bond acceptors (Lipinski definition) is 5. The van der Waals surface area contributed by atoms with Crippen LogP contribution in [0.1, 0.15) is 6.92 Å². The summed E-state index contributed by atoms with van der Waals surface area (Å²) in [5.41, 5.74) is 0. The van der Waals surface area contributed by atoms with E-state index in [-0.39, 0.29) is 5.92 Å². The molecule has 5 nitrogen and oxygen atoms in total. The molecular formula is C11H17N3O2S. The van der Waals surface area contributed by atoms with Crippen molar-refractivity contribution in [3.05, 3.63) is 11.6 Å². The van der Waals surface area contributed by atoms with Crippen LogP contribution >= 0.6 is 11.3 Å². The second kappa shape index (κ2) is 5.46. The molecule has 1 fully saturated rings. The molecule has 1 aromatic heterocycles. The maximum Gasteiger partial charge on any atom is 0.307 e. The smallest absolute Gasteiger partial charge is 0.307 e. The van der Waals surface area contributed by atoms with Crippen LogP contribution in [0.25, 0.3) is 0 Å². The molecule has 0 radical (unpaired) electrons. The predicted octanol–water partition coefficient (Wildman–Crippen LogP) is 0.986. The monoisotopic (exact) mass is 255 g/mol. The Balaban J connectivity index is 1.80. The molecule has 1 aliphatic rings. The molecule has 0 aliphatic carbocycles. The number of aliphatic carboxylic acids is 1. The fourth-order valence-electron chi connectivity index (χ4n) is 1.96. The molecule has 1 saturated heterocycles. The summed E-state index contributed by atoms with van der Waals surface area (Å²) in [5.74, 6) is -1.01. The van der Waals surface area contributed by atoms with Crippen LogP contribution in [0.4, 0.5) is 5.13 Å². The molecule has 6 heteroatoms. The highest BCUT2D eigenvalue weighted by molar-refractivity contribution is 7.13. The summed E-state index contributed by atoms with van der Waals surface area (Å²) in [6.07, 6.45) is 1.82. The van der Waals surface area contributed by atoms with Crippen LogP contribution in [0, 0.1) is 5.92 Å². The first-order chi connectivity index (χ1) is 8.16. The molecule has 0 aromatic carbocycles. The Bertz CT molecular complexity index is 361. The number of aromatic nitrogens is 1. The van der Waals surface area contributed by atoms with E-state index in [2.05, 4.69) is 14.8 Å². The summed E-state index contributed by atoms with van der Waals surface area (Å²) < 4.78 is 0. The molecular weight excluding hydrogens is 238 g/mol. The van der Waals surface area contributed by atoms with Crippen molar-refractivity contribution in [2.45, 2.75) is 6.92 Å². The van der Waals surface area contributed by atoms with Crippen molar-refractivity contribution >= 4 is 22.4 Å². The van der Waals surface area contributed by atoms with Crippen LogP contribution in [0.15, 0.2) is 11.6 Å². The zero-order chi connectivity index (χ0) is 12.3. The van der Waals surface area contributed by atoms with E-state index in [9.17, 15) is 4.79 Å². The minimum atomic E-state index is -0.715. The van der Waals surface area contributed by atoms with Gasteiger partial charge < -0.3 is 10.0 Å². The summed E-state index contributed by atoms with van der Waals surface area (Å²) >= 11 is 1.65. The second-order valence-corrected chi connectivity index (χ2v) is 5.21. The average Bonchev–Trinajstić information content (AvgIpc) is 2.83. The Hall–Kier alpha value is -1.14. The van der Waals surface area contributed by atoms with Gasteiger partial charge in [-0.15, -0.1) is 11.3 Å². The predicted molar refractivity (Wildman–Crippen MR) is 67.6 cm³/mol. The first-order valence-electron chi connectivity index (χ1n) is 5.76. The largest absolute Gasteiger partial charge is 0.481 e. The van der Waals surface area contributed by atoms with Gasteiger partial charge in [0.25, 0.3) is 0 Å². The summed E-state index contributed by atoms with van der Waals surface area (Å²) in [6, 6.07) is 0. The molecule has 17 heavy (non-hydrogen) atoms. The topological polar surface area (TPSA) is 56.7 Å². The maximum absolute atomic E-state index is 10.8. The van der Waals surface area contributed by atoms with Crippen molar-refractivity contribution in [3.8, 4) is 0 Å². The fourth-order valence-corrected chi connectivity index (χ4v) is 2.66. The Kier molecular flexibility index (Phi) is 3.96. The lowest BCUT2D eigenvalue weighted by Crippen LogP contribution is -2.48. The lowest BCUT2D eigenvalue weighted by atomic mass is 10.1. The van der Waals surface area contributed by atoms with Crippen LogP contribution in [0.5, 0.6) is 0 Å². The van der Waals surface area contributed by atoms with Crippen molar-refractivity contribution in [1.29, 1.82) is 0 Å². The standard InChI is InChI=1S/C11H17N3O2S/c1-9(10(15)16)8-13-3-5-14(6-4-13)11-12-2-7-17-11/h2,7,9H,3-6,8H2,1H3,(H,15,16). The number of carbonyl (C=O) groups is 1. The molecule has 0 amide bonds. The molecule has 0 spiro atoms. The van der Waals surface area contributed by atoms with E-state index in [4.69, 9.17) is 5.11 Å². The van der Waals surface area contributed by atoms with Gasteiger partial charge in [-0.1, -0.05) is 6.92 Å². The van der Waals surface area contributed by atoms with Crippen LogP contribution < -0.4 is 4.90 Å². The summed E-state index contributed by atoms with van der Waals surface area (Å²) in [6.45, 7) is 6.09. The van der Waals surface area contributed by atoms with E-state index >= 15 is 0 Å². The third-order valence-electron chi connectivity index (χ3n) is 3.02. The number of anilines is 1. The normalized spacial score (nSPS) is 19.2. The first-order valence-corrected chi connectivity index (χ1v) is 6.64. The van der Waals surface area contributed by atoms with E-state index < -0.39 is 5.97 Å². The molecule has 1 atom stereocenters. The number of piperazine rings is 1.